The number of carbonyl (C=O) groups is 3. The lowest BCUT2D eigenvalue weighted by Crippen LogP contribution is -2.38. The van der Waals surface area contributed by atoms with E-state index in [-0.39, 0.29) is 24.2 Å². The van der Waals surface area contributed by atoms with Gasteiger partial charge >= 0.3 is 6.09 Å². The van der Waals surface area contributed by atoms with Gasteiger partial charge in [-0.25, -0.2) is 4.79 Å². The van der Waals surface area contributed by atoms with Crippen molar-refractivity contribution in [2.45, 2.75) is 58.1 Å². The summed E-state index contributed by atoms with van der Waals surface area (Å²) in [5.74, 6) is -0.0524. The number of anilines is 1. The van der Waals surface area contributed by atoms with Crippen LogP contribution in [0.3, 0.4) is 0 Å². The molecule has 0 heterocycles. The molecule has 2 amide bonds. The number of carbonyl (C=O) groups excluding carboxylic acids is 3. The van der Waals surface area contributed by atoms with Crippen LogP contribution in [0.5, 0.6) is 0 Å². The molecule has 2 N–H and O–H groups in total. The number of amides is 2. The smallest absolute Gasteiger partial charge is 0.412 e. The van der Waals surface area contributed by atoms with E-state index in [2.05, 4.69) is 10.6 Å². The first kappa shape index (κ1) is 18.0. The molecule has 1 fully saturated rings. The topological polar surface area (TPSA) is 84.5 Å². The Labute approximate surface area is 142 Å². The van der Waals surface area contributed by atoms with Gasteiger partial charge in [-0.15, -0.1) is 0 Å². The molecule has 1 aliphatic carbocycles. The van der Waals surface area contributed by atoms with E-state index in [0.29, 0.717) is 12.1 Å². The molecule has 1 saturated carbocycles. The molecule has 1 aromatic carbocycles. The SMILES string of the molecule is CC(C)(C)OC(=O)Nc1ccc(CC(=O)N[C@@H]2CCCC2=O)cc1. The maximum Gasteiger partial charge on any atom is 0.412 e. The molecule has 0 radical (unpaired) electrons. The summed E-state index contributed by atoms with van der Waals surface area (Å²) in [6.07, 6.45) is 1.80. The van der Waals surface area contributed by atoms with Crippen LogP contribution >= 0.6 is 0 Å². The number of rotatable bonds is 4. The summed E-state index contributed by atoms with van der Waals surface area (Å²) in [6.45, 7) is 5.39. The van der Waals surface area contributed by atoms with Gasteiger partial charge in [-0.3, -0.25) is 14.9 Å². The molecule has 0 bridgehead atoms. The zero-order valence-electron chi connectivity index (χ0n) is 14.3. The molecule has 24 heavy (non-hydrogen) atoms. The summed E-state index contributed by atoms with van der Waals surface area (Å²) in [7, 11) is 0. The number of ketones is 1. The number of ether oxygens (including phenoxy) is 1. The Morgan fingerprint density at radius 3 is 2.42 bits per heavy atom. The van der Waals surface area contributed by atoms with Gasteiger partial charge in [-0.1, -0.05) is 12.1 Å². The van der Waals surface area contributed by atoms with Crippen molar-refractivity contribution in [3.63, 3.8) is 0 Å². The van der Waals surface area contributed by atoms with Gasteiger partial charge in [0.1, 0.15) is 5.60 Å². The van der Waals surface area contributed by atoms with Crippen molar-refractivity contribution >= 4 is 23.5 Å². The van der Waals surface area contributed by atoms with Crippen LogP contribution in [0.15, 0.2) is 24.3 Å². The summed E-state index contributed by atoms with van der Waals surface area (Å²) in [5, 5.41) is 5.41. The molecule has 1 aliphatic rings. The number of nitrogens with one attached hydrogen (secondary N) is 2. The molecule has 2 rings (SSSR count). The van der Waals surface area contributed by atoms with Gasteiger partial charge in [0.25, 0.3) is 0 Å². The van der Waals surface area contributed by atoms with E-state index in [1.165, 1.54) is 0 Å². The molecule has 0 unspecified atom stereocenters. The highest BCUT2D eigenvalue weighted by atomic mass is 16.6. The molecule has 6 heteroatoms. The van der Waals surface area contributed by atoms with Crippen LogP contribution in [0.2, 0.25) is 0 Å². The first-order valence-corrected chi connectivity index (χ1v) is 8.14. The summed E-state index contributed by atoms with van der Waals surface area (Å²) < 4.78 is 5.17. The summed E-state index contributed by atoms with van der Waals surface area (Å²) >= 11 is 0. The van der Waals surface area contributed by atoms with E-state index in [4.69, 9.17) is 4.74 Å². The van der Waals surface area contributed by atoms with Gasteiger partial charge in [0.2, 0.25) is 5.91 Å². The average Bonchev–Trinajstić information content (AvgIpc) is 2.84. The Balaban J connectivity index is 1.84. The van der Waals surface area contributed by atoms with E-state index in [9.17, 15) is 14.4 Å². The lowest BCUT2D eigenvalue weighted by Gasteiger charge is -2.19. The Kier molecular flexibility index (Phi) is 5.59. The minimum atomic E-state index is -0.556. The third kappa shape index (κ3) is 5.68. The minimum absolute atomic E-state index is 0.111. The van der Waals surface area contributed by atoms with Gasteiger partial charge < -0.3 is 10.1 Å². The Hall–Kier alpha value is -2.37. The highest BCUT2D eigenvalue weighted by Crippen LogP contribution is 2.15. The monoisotopic (exact) mass is 332 g/mol. The van der Waals surface area contributed by atoms with Crippen molar-refractivity contribution in [3.8, 4) is 0 Å². The molecule has 1 aromatic rings. The second-order valence-electron chi connectivity index (χ2n) is 6.98. The number of hydrogen-bond acceptors (Lipinski definition) is 4. The van der Waals surface area contributed by atoms with Crippen LogP contribution in [0.25, 0.3) is 0 Å². The van der Waals surface area contributed by atoms with Crippen LogP contribution in [-0.2, 0) is 20.7 Å². The molecule has 1 atom stereocenters. The third-order valence-corrected chi connectivity index (χ3v) is 3.60. The van der Waals surface area contributed by atoms with Crippen LogP contribution in [0.1, 0.15) is 45.6 Å². The highest BCUT2D eigenvalue weighted by molar-refractivity contribution is 5.91. The van der Waals surface area contributed by atoms with Gasteiger partial charge in [0.15, 0.2) is 5.78 Å². The molecule has 6 nitrogen and oxygen atoms in total. The predicted molar refractivity (Wildman–Crippen MR) is 90.8 cm³/mol. The van der Waals surface area contributed by atoms with Crippen LogP contribution < -0.4 is 10.6 Å². The molecule has 0 spiro atoms. The Morgan fingerprint density at radius 1 is 1.21 bits per heavy atom. The quantitative estimate of drug-likeness (QED) is 0.888. The maximum atomic E-state index is 12.0. The normalized spacial score (nSPS) is 17.5. The van der Waals surface area contributed by atoms with E-state index >= 15 is 0 Å². The van der Waals surface area contributed by atoms with Crippen LogP contribution in [-0.4, -0.2) is 29.4 Å². The van der Waals surface area contributed by atoms with Crippen molar-refractivity contribution in [2.24, 2.45) is 0 Å². The van der Waals surface area contributed by atoms with E-state index in [0.717, 1.165) is 18.4 Å². The fourth-order valence-corrected chi connectivity index (χ4v) is 2.53. The Morgan fingerprint density at radius 2 is 1.88 bits per heavy atom. The Bertz CT molecular complexity index is 617. The van der Waals surface area contributed by atoms with Gasteiger partial charge in [-0.2, -0.15) is 0 Å². The summed E-state index contributed by atoms with van der Waals surface area (Å²) in [5.41, 5.74) is 0.854. The van der Waals surface area contributed by atoms with E-state index < -0.39 is 11.7 Å². The van der Waals surface area contributed by atoms with Crippen molar-refractivity contribution in [1.82, 2.24) is 5.32 Å². The second-order valence-corrected chi connectivity index (χ2v) is 6.98. The first-order valence-electron chi connectivity index (χ1n) is 8.14. The highest BCUT2D eigenvalue weighted by Gasteiger charge is 2.25. The fraction of sp³-hybridized carbons (Fsp3) is 0.500. The van der Waals surface area contributed by atoms with E-state index in [1.54, 1.807) is 45.0 Å². The van der Waals surface area contributed by atoms with Gasteiger partial charge in [0, 0.05) is 12.1 Å². The van der Waals surface area contributed by atoms with Crippen molar-refractivity contribution in [3.05, 3.63) is 29.8 Å². The molecular formula is C18H24N2O4. The van der Waals surface area contributed by atoms with Crippen molar-refractivity contribution < 1.29 is 19.1 Å². The second kappa shape index (κ2) is 7.47. The van der Waals surface area contributed by atoms with Crippen LogP contribution in [0, 0.1) is 0 Å². The van der Waals surface area contributed by atoms with Crippen molar-refractivity contribution in [1.29, 1.82) is 0 Å². The van der Waals surface area contributed by atoms with Gasteiger partial charge in [-0.05, 0) is 51.3 Å². The summed E-state index contributed by atoms with van der Waals surface area (Å²) in [6, 6.07) is 6.64. The zero-order chi connectivity index (χ0) is 17.7. The molecule has 0 saturated heterocycles. The first-order chi connectivity index (χ1) is 11.2. The molecule has 130 valence electrons. The number of hydrogen-bond donors (Lipinski definition) is 2. The predicted octanol–water partition coefficient (Wildman–Crippen LogP) is 2.81. The van der Waals surface area contributed by atoms with Gasteiger partial charge in [0.05, 0.1) is 12.5 Å². The van der Waals surface area contributed by atoms with Crippen LogP contribution in [0.4, 0.5) is 10.5 Å². The molecule has 0 aliphatic heterocycles. The van der Waals surface area contributed by atoms with Crippen molar-refractivity contribution in [2.75, 3.05) is 5.32 Å². The third-order valence-electron chi connectivity index (χ3n) is 3.60. The standard InChI is InChI=1S/C18H24N2O4/c1-18(2,3)24-17(23)19-13-9-7-12(8-10-13)11-16(22)20-14-5-4-6-15(14)21/h7-10,14H,4-6,11H2,1-3H3,(H,19,23)(H,20,22)/t14-/m1/s1. The average molecular weight is 332 g/mol. The lowest BCUT2D eigenvalue weighted by molar-refractivity contribution is -0.126. The minimum Gasteiger partial charge on any atom is -0.444 e. The zero-order valence-corrected chi connectivity index (χ0v) is 14.3. The number of benzene rings is 1. The summed E-state index contributed by atoms with van der Waals surface area (Å²) in [4.78, 5) is 35.2. The number of Topliss-reactive ketones (excluding diaryl/α,β-unsaturated/α-hetero) is 1. The molecule has 0 aromatic heterocycles. The largest absolute Gasteiger partial charge is 0.444 e. The molecular weight excluding hydrogens is 308 g/mol. The maximum absolute atomic E-state index is 12.0. The van der Waals surface area contributed by atoms with E-state index in [1.807, 2.05) is 0 Å². The fourth-order valence-electron chi connectivity index (χ4n) is 2.53. The lowest BCUT2D eigenvalue weighted by atomic mass is 10.1.